The Balaban J connectivity index is 2.12. The lowest BCUT2D eigenvalue weighted by atomic mass is 10.1. The molecule has 122 valence electrons. The molecule has 0 N–H and O–H groups in total. The van der Waals surface area contributed by atoms with E-state index < -0.39 is 0 Å². The summed E-state index contributed by atoms with van der Waals surface area (Å²) in [5.74, 6) is 1.09. The van der Waals surface area contributed by atoms with Crippen LogP contribution in [0, 0.1) is 11.3 Å². The smallest absolute Gasteiger partial charge is 0.205 e. The SMILES string of the molecule is CCc1ccc(Oc2ccc(C(=O)/C(C#N)=C/N(C)C)cc2)cc1. The number of carbonyl (C=O) groups is 1. The standard InChI is InChI=1S/C20H20N2O2/c1-4-15-5-9-18(10-6-15)24-19-11-7-16(8-12-19)20(23)17(13-21)14-22(2)3/h5-12,14H,4H2,1-3H3/b17-14+. The van der Waals surface area contributed by atoms with Crippen molar-refractivity contribution in [1.82, 2.24) is 4.90 Å². The lowest BCUT2D eigenvalue weighted by Gasteiger charge is -2.08. The van der Waals surface area contributed by atoms with E-state index >= 15 is 0 Å². The third kappa shape index (κ3) is 4.47. The Labute approximate surface area is 142 Å². The van der Waals surface area contributed by atoms with Crippen molar-refractivity contribution in [3.63, 3.8) is 0 Å². The maximum absolute atomic E-state index is 12.3. The first kappa shape index (κ1) is 17.3. The molecule has 0 atom stereocenters. The molecule has 0 bridgehead atoms. The number of rotatable bonds is 6. The average Bonchev–Trinajstić information content (AvgIpc) is 2.60. The van der Waals surface area contributed by atoms with Gasteiger partial charge in [0.2, 0.25) is 5.78 Å². The van der Waals surface area contributed by atoms with Gasteiger partial charge in [0.25, 0.3) is 0 Å². The molecule has 0 aliphatic carbocycles. The Morgan fingerprint density at radius 1 is 1.08 bits per heavy atom. The molecule has 2 aromatic carbocycles. The van der Waals surface area contributed by atoms with E-state index in [2.05, 4.69) is 6.92 Å². The average molecular weight is 320 g/mol. The number of hydrogen-bond acceptors (Lipinski definition) is 4. The molecule has 0 unspecified atom stereocenters. The van der Waals surface area contributed by atoms with E-state index in [1.165, 1.54) is 11.8 Å². The summed E-state index contributed by atoms with van der Waals surface area (Å²) in [6.45, 7) is 2.10. The van der Waals surface area contributed by atoms with Gasteiger partial charge in [-0.15, -0.1) is 0 Å². The van der Waals surface area contributed by atoms with E-state index in [9.17, 15) is 4.79 Å². The van der Waals surface area contributed by atoms with Gasteiger partial charge in [-0.05, 0) is 48.4 Å². The number of hydrogen-bond donors (Lipinski definition) is 0. The van der Waals surface area contributed by atoms with Crippen LogP contribution in [0.4, 0.5) is 0 Å². The molecule has 0 fully saturated rings. The molecule has 0 aromatic heterocycles. The molecule has 0 spiro atoms. The van der Waals surface area contributed by atoms with Gasteiger partial charge in [-0.3, -0.25) is 4.79 Å². The van der Waals surface area contributed by atoms with Crippen molar-refractivity contribution in [3.05, 3.63) is 71.4 Å². The van der Waals surface area contributed by atoms with Gasteiger partial charge in [0.05, 0.1) is 0 Å². The first-order valence-corrected chi connectivity index (χ1v) is 7.73. The number of nitrogens with zero attached hydrogens (tertiary/aromatic N) is 2. The highest BCUT2D eigenvalue weighted by molar-refractivity contribution is 6.11. The zero-order valence-electron chi connectivity index (χ0n) is 14.1. The normalized spacial score (nSPS) is 10.8. The van der Waals surface area contributed by atoms with E-state index in [1.807, 2.05) is 30.3 Å². The summed E-state index contributed by atoms with van der Waals surface area (Å²) < 4.78 is 5.76. The summed E-state index contributed by atoms with van der Waals surface area (Å²) in [5, 5.41) is 9.11. The molecule has 0 heterocycles. The van der Waals surface area contributed by atoms with Crippen LogP contribution in [0.25, 0.3) is 0 Å². The molecular weight excluding hydrogens is 300 g/mol. The van der Waals surface area contributed by atoms with E-state index in [1.54, 1.807) is 43.3 Å². The molecule has 0 saturated carbocycles. The third-order valence-electron chi connectivity index (χ3n) is 3.44. The topological polar surface area (TPSA) is 53.3 Å². The van der Waals surface area contributed by atoms with Gasteiger partial charge < -0.3 is 9.64 Å². The van der Waals surface area contributed by atoms with Crippen LogP contribution in [-0.4, -0.2) is 24.8 Å². The Kier molecular flexibility index (Phi) is 5.75. The highest BCUT2D eigenvalue weighted by Crippen LogP contribution is 2.23. The molecule has 0 saturated heterocycles. The number of aryl methyl sites for hydroxylation is 1. The van der Waals surface area contributed by atoms with Crippen molar-refractivity contribution < 1.29 is 9.53 Å². The summed E-state index contributed by atoms with van der Waals surface area (Å²) in [4.78, 5) is 14.0. The molecule has 0 radical (unpaired) electrons. The van der Waals surface area contributed by atoms with Gasteiger partial charge in [0.15, 0.2) is 0 Å². The summed E-state index contributed by atoms with van der Waals surface area (Å²) in [6.07, 6.45) is 2.50. The van der Waals surface area contributed by atoms with Gasteiger partial charge >= 0.3 is 0 Å². The summed E-state index contributed by atoms with van der Waals surface area (Å²) in [6, 6.07) is 16.6. The fourth-order valence-electron chi connectivity index (χ4n) is 2.16. The number of carbonyl (C=O) groups excluding carboxylic acids is 1. The van der Waals surface area contributed by atoms with Crippen LogP contribution in [0.1, 0.15) is 22.8 Å². The first-order valence-electron chi connectivity index (χ1n) is 7.73. The molecule has 0 aliphatic heterocycles. The second-order valence-corrected chi connectivity index (χ2v) is 5.57. The number of nitriles is 1. The van der Waals surface area contributed by atoms with E-state index in [0.29, 0.717) is 11.3 Å². The minimum absolute atomic E-state index is 0.101. The summed E-state index contributed by atoms with van der Waals surface area (Å²) >= 11 is 0. The monoisotopic (exact) mass is 320 g/mol. The van der Waals surface area contributed by atoms with Crippen molar-refractivity contribution in [2.75, 3.05) is 14.1 Å². The molecule has 2 aromatic rings. The van der Waals surface area contributed by atoms with Crippen molar-refractivity contribution in [2.24, 2.45) is 0 Å². The number of ether oxygens (including phenoxy) is 1. The van der Waals surface area contributed by atoms with Crippen molar-refractivity contribution in [3.8, 4) is 17.6 Å². The van der Waals surface area contributed by atoms with E-state index in [0.717, 1.165) is 12.2 Å². The molecule has 2 rings (SSSR count). The minimum Gasteiger partial charge on any atom is -0.457 e. The number of allylic oxidation sites excluding steroid dienone is 1. The van der Waals surface area contributed by atoms with Crippen LogP contribution < -0.4 is 4.74 Å². The highest BCUT2D eigenvalue weighted by Gasteiger charge is 2.12. The molecule has 4 heteroatoms. The maximum atomic E-state index is 12.3. The second-order valence-electron chi connectivity index (χ2n) is 5.57. The van der Waals surface area contributed by atoms with E-state index in [-0.39, 0.29) is 11.4 Å². The van der Waals surface area contributed by atoms with Crippen LogP contribution in [0.2, 0.25) is 0 Å². The van der Waals surface area contributed by atoms with Crippen molar-refractivity contribution in [1.29, 1.82) is 5.26 Å². The van der Waals surface area contributed by atoms with Gasteiger partial charge in [-0.2, -0.15) is 5.26 Å². The Morgan fingerprint density at radius 2 is 1.62 bits per heavy atom. The molecular formula is C20H20N2O2. The van der Waals surface area contributed by atoms with Crippen LogP contribution in [-0.2, 0) is 6.42 Å². The Bertz CT molecular complexity index is 767. The van der Waals surface area contributed by atoms with Crippen molar-refractivity contribution >= 4 is 5.78 Å². The number of benzene rings is 2. The Hall–Kier alpha value is -3.06. The van der Waals surface area contributed by atoms with Crippen molar-refractivity contribution in [2.45, 2.75) is 13.3 Å². The van der Waals surface area contributed by atoms with Crippen LogP contribution >= 0.6 is 0 Å². The van der Waals surface area contributed by atoms with Gasteiger partial charge in [-0.25, -0.2) is 0 Å². The quantitative estimate of drug-likeness (QED) is 0.455. The van der Waals surface area contributed by atoms with Gasteiger partial charge in [0, 0.05) is 25.9 Å². The molecule has 0 amide bonds. The first-order chi connectivity index (χ1) is 11.5. The predicted molar refractivity (Wildman–Crippen MR) is 94.0 cm³/mol. The zero-order chi connectivity index (χ0) is 17.5. The van der Waals surface area contributed by atoms with Crippen LogP contribution in [0.15, 0.2) is 60.3 Å². The zero-order valence-corrected chi connectivity index (χ0v) is 14.1. The van der Waals surface area contributed by atoms with Gasteiger partial charge in [0.1, 0.15) is 23.1 Å². The minimum atomic E-state index is -0.301. The van der Waals surface area contributed by atoms with E-state index in [4.69, 9.17) is 10.00 Å². The number of Topliss-reactive ketones (excluding diaryl/α,β-unsaturated/α-hetero) is 1. The van der Waals surface area contributed by atoms with Crippen LogP contribution in [0.3, 0.4) is 0 Å². The highest BCUT2D eigenvalue weighted by atomic mass is 16.5. The second kappa shape index (κ2) is 7.98. The predicted octanol–water partition coefficient (Wildman–Crippen LogP) is 4.19. The third-order valence-corrected chi connectivity index (χ3v) is 3.44. The lowest BCUT2D eigenvalue weighted by molar-refractivity contribution is 0.103. The molecule has 24 heavy (non-hydrogen) atoms. The Morgan fingerprint density at radius 3 is 2.08 bits per heavy atom. The number of ketones is 1. The maximum Gasteiger partial charge on any atom is 0.205 e. The van der Waals surface area contributed by atoms with Gasteiger partial charge in [-0.1, -0.05) is 19.1 Å². The molecule has 0 aliphatic rings. The molecule has 4 nitrogen and oxygen atoms in total. The fraction of sp³-hybridized carbons (Fsp3) is 0.200. The van der Waals surface area contributed by atoms with Crippen LogP contribution in [0.5, 0.6) is 11.5 Å². The fourth-order valence-corrected chi connectivity index (χ4v) is 2.16. The lowest BCUT2D eigenvalue weighted by Crippen LogP contribution is -2.08. The largest absolute Gasteiger partial charge is 0.457 e. The summed E-state index contributed by atoms with van der Waals surface area (Å²) in [7, 11) is 3.54. The summed E-state index contributed by atoms with van der Waals surface area (Å²) in [5.41, 5.74) is 1.81.